The number of nitrogens with zero attached hydrogens (tertiary/aromatic N) is 1. The van der Waals surface area contributed by atoms with Crippen LogP contribution < -0.4 is 0 Å². The maximum absolute atomic E-state index is 4.86. The van der Waals surface area contributed by atoms with Gasteiger partial charge >= 0.3 is 0 Å². The van der Waals surface area contributed by atoms with Crippen molar-refractivity contribution in [2.45, 2.75) is 38.0 Å². The molecule has 0 spiro atoms. The van der Waals surface area contributed by atoms with E-state index < -0.39 is 0 Å². The van der Waals surface area contributed by atoms with Gasteiger partial charge in [-0.05, 0) is 48.9 Å². The van der Waals surface area contributed by atoms with Crippen LogP contribution in [0.4, 0.5) is 0 Å². The van der Waals surface area contributed by atoms with Crippen LogP contribution in [0.2, 0.25) is 0 Å². The summed E-state index contributed by atoms with van der Waals surface area (Å²) in [5.41, 5.74) is 7.67. The predicted octanol–water partition coefficient (Wildman–Crippen LogP) is 5.37. The number of hydrogen-bond acceptors (Lipinski definition) is 1. The molecule has 1 fully saturated rings. The topological polar surface area (TPSA) is 12.9 Å². The summed E-state index contributed by atoms with van der Waals surface area (Å²) in [5, 5.41) is 1.24. The van der Waals surface area contributed by atoms with E-state index in [9.17, 15) is 0 Å². The molecule has 23 heavy (non-hydrogen) atoms. The molecular formula is C21H18IrN-. The number of rotatable bonds is 1. The molecule has 2 bridgehead atoms. The van der Waals surface area contributed by atoms with Crippen molar-refractivity contribution in [3.05, 3.63) is 65.2 Å². The summed E-state index contributed by atoms with van der Waals surface area (Å²) in [5.74, 6) is 1.59. The van der Waals surface area contributed by atoms with E-state index >= 15 is 0 Å². The van der Waals surface area contributed by atoms with E-state index in [1.165, 1.54) is 30.2 Å². The molecular weight excluding hydrogens is 458 g/mol. The van der Waals surface area contributed by atoms with E-state index in [0.717, 1.165) is 28.6 Å². The smallest absolute Gasteiger partial charge is 0.0597 e. The van der Waals surface area contributed by atoms with Gasteiger partial charge in [0.05, 0.1) is 5.52 Å². The van der Waals surface area contributed by atoms with Gasteiger partial charge in [0, 0.05) is 25.5 Å². The molecule has 3 aromatic rings. The normalized spacial score (nSPS) is 21.3. The zero-order chi connectivity index (χ0) is 14.7. The minimum Gasteiger partial charge on any atom is -0.296 e. The molecule has 1 saturated carbocycles. The van der Waals surface area contributed by atoms with Crippen LogP contribution in [0.5, 0.6) is 0 Å². The van der Waals surface area contributed by atoms with Crippen LogP contribution in [0.25, 0.3) is 22.2 Å². The van der Waals surface area contributed by atoms with Crippen molar-refractivity contribution in [1.82, 2.24) is 4.98 Å². The van der Waals surface area contributed by atoms with Crippen molar-refractivity contribution in [3.63, 3.8) is 0 Å². The molecule has 1 heterocycles. The molecule has 1 nitrogen and oxygen atoms in total. The van der Waals surface area contributed by atoms with Gasteiger partial charge in [0.1, 0.15) is 0 Å². The average molecular weight is 477 g/mol. The van der Waals surface area contributed by atoms with Gasteiger partial charge in [-0.25, -0.2) is 0 Å². The molecule has 2 aliphatic carbocycles. The SMILES string of the molecule is Cc1cccc2nc(-c3[c-]cc4c(c3)C3CCC4C3)ccc12.[Ir]. The van der Waals surface area contributed by atoms with Gasteiger partial charge < -0.3 is 0 Å². The van der Waals surface area contributed by atoms with Crippen LogP contribution in [-0.2, 0) is 20.1 Å². The molecule has 117 valence electrons. The first-order valence-corrected chi connectivity index (χ1v) is 8.22. The zero-order valence-corrected chi connectivity index (χ0v) is 15.5. The van der Waals surface area contributed by atoms with Gasteiger partial charge in [-0.15, -0.1) is 34.9 Å². The minimum atomic E-state index is 0. The fourth-order valence-electron chi connectivity index (χ4n) is 4.38. The molecule has 2 heteroatoms. The minimum absolute atomic E-state index is 0. The van der Waals surface area contributed by atoms with E-state index in [1.807, 2.05) is 0 Å². The molecule has 0 aliphatic heterocycles. The van der Waals surface area contributed by atoms with Gasteiger partial charge in [-0.1, -0.05) is 30.7 Å². The molecule has 2 atom stereocenters. The molecule has 2 aromatic carbocycles. The molecule has 0 saturated heterocycles. The Hall–Kier alpha value is -1.50. The quantitative estimate of drug-likeness (QED) is 0.430. The number of benzene rings is 2. The van der Waals surface area contributed by atoms with Gasteiger partial charge in [0.2, 0.25) is 0 Å². The van der Waals surface area contributed by atoms with Crippen LogP contribution in [0.1, 0.15) is 47.8 Å². The Balaban J connectivity index is 0.00000135. The van der Waals surface area contributed by atoms with Crippen LogP contribution >= 0.6 is 0 Å². The second kappa shape index (κ2) is 5.54. The van der Waals surface area contributed by atoms with E-state index in [1.54, 1.807) is 11.1 Å². The van der Waals surface area contributed by atoms with Crippen molar-refractivity contribution in [1.29, 1.82) is 0 Å². The van der Waals surface area contributed by atoms with Crippen LogP contribution in [-0.4, -0.2) is 4.98 Å². The fourth-order valence-corrected chi connectivity index (χ4v) is 4.38. The maximum Gasteiger partial charge on any atom is 0.0597 e. The Morgan fingerprint density at radius 1 is 1.04 bits per heavy atom. The second-order valence-corrected chi connectivity index (χ2v) is 6.80. The summed E-state index contributed by atoms with van der Waals surface area (Å²) in [7, 11) is 0. The monoisotopic (exact) mass is 477 g/mol. The number of aryl methyl sites for hydroxylation is 1. The third-order valence-corrected chi connectivity index (χ3v) is 5.55. The van der Waals surface area contributed by atoms with Crippen molar-refractivity contribution in [2.75, 3.05) is 0 Å². The average Bonchev–Trinajstić information content (AvgIpc) is 3.16. The Bertz CT molecular complexity index is 899. The number of hydrogen-bond donors (Lipinski definition) is 0. The van der Waals surface area contributed by atoms with Gasteiger partial charge in [-0.3, -0.25) is 4.98 Å². The summed E-state index contributed by atoms with van der Waals surface area (Å²) < 4.78 is 0. The Kier molecular flexibility index (Phi) is 3.63. The van der Waals surface area contributed by atoms with Gasteiger partial charge in [-0.2, -0.15) is 0 Å². The first kappa shape index (κ1) is 15.1. The first-order valence-electron chi connectivity index (χ1n) is 8.22. The van der Waals surface area contributed by atoms with E-state index in [2.05, 4.69) is 55.5 Å². The van der Waals surface area contributed by atoms with E-state index in [4.69, 9.17) is 4.98 Å². The van der Waals surface area contributed by atoms with Gasteiger partial charge in [0.15, 0.2) is 0 Å². The van der Waals surface area contributed by atoms with Gasteiger partial charge in [0.25, 0.3) is 0 Å². The standard InChI is InChI=1S/C21H18N.Ir/c1-13-3-2-4-21-17(13)9-10-20(22-21)16-7-8-18-14-5-6-15(11-14)19(18)12-16;/h2-4,8-10,12,14-15H,5-6,11H2,1H3;/q-1;. The second-order valence-electron chi connectivity index (χ2n) is 6.80. The van der Waals surface area contributed by atoms with Crippen LogP contribution in [0.15, 0.2) is 42.5 Å². The van der Waals surface area contributed by atoms with Crippen LogP contribution in [0, 0.1) is 13.0 Å². The third-order valence-electron chi connectivity index (χ3n) is 5.55. The van der Waals surface area contributed by atoms with Crippen molar-refractivity contribution in [3.8, 4) is 11.3 Å². The van der Waals surface area contributed by atoms with Crippen molar-refractivity contribution >= 4 is 10.9 Å². The largest absolute Gasteiger partial charge is 0.296 e. The first-order chi connectivity index (χ1) is 10.8. The van der Waals surface area contributed by atoms with E-state index in [0.29, 0.717) is 0 Å². The predicted molar refractivity (Wildman–Crippen MR) is 90.1 cm³/mol. The molecule has 2 aliphatic rings. The summed E-state index contributed by atoms with van der Waals surface area (Å²) in [6.07, 6.45) is 4.10. The van der Waals surface area contributed by atoms with Crippen LogP contribution in [0.3, 0.4) is 0 Å². The van der Waals surface area contributed by atoms with Crippen molar-refractivity contribution < 1.29 is 20.1 Å². The molecule has 0 N–H and O–H groups in total. The van der Waals surface area contributed by atoms with Crippen molar-refractivity contribution in [2.24, 2.45) is 0 Å². The molecule has 2 unspecified atom stereocenters. The molecule has 5 rings (SSSR count). The van der Waals surface area contributed by atoms with E-state index in [-0.39, 0.29) is 20.1 Å². The summed E-state index contributed by atoms with van der Waals surface area (Å²) >= 11 is 0. The Labute approximate surface area is 150 Å². The summed E-state index contributed by atoms with van der Waals surface area (Å²) in [6.45, 7) is 2.14. The Morgan fingerprint density at radius 2 is 1.87 bits per heavy atom. The third kappa shape index (κ3) is 2.28. The Morgan fingerprint density at radius 3 is 2.74 bits per heavy atom. The summed E-state index contributed by atoms with van der Waals surface area (Å²) in [6, 6.07) is 18.7. The number of pyridine rings is 1. The maximum atomic E-state index is 4.86. The fraction of sp³-hybridized carbons (Fsp3) is 0.286. The zero-order valence-electron chi connectivity index (χ0n) is 13.1. The number of aromatic nitrogens is 1. The molecule has 0 amide bonds. The molecule has 1 radical (unpaired) electrons. The number of fused-ring (bicyclic) bond motifs is 6. The molecule has 1 aromatic heterocycles. The summed E-state index contributed by atoms with van der Waals surface area (Å²) in [4.78, 5) is 4.86.